The maximum atomic E-state index is 5.47. The van der Waals surface area contributed by atoms with Crippen molar-refractivity contribution in [3.63, 3.8) is 0 Å². The SMILES string of the molecule is CN(/N=C/c1cccc(/C=N/N(C)C(=S)c2ccccc2)n1)C(=S)c1ccccc1. The molecule has 0 aliphatic carbocycles. The molecule has 0 N–H and O–H groups in total. The van der Waals surface area contributed by atoms with Crippen LogP contribution in [0.15, 0.2) is 89.1 Å². The third kappa shape index (κ3) is 5.85. The van der Waals surface area contributed by atoms with Gasteiger partial charge in [-0.25, -0.2) is 4.98 Å². The van der Waals surface area contributed by atoms with Crippen LogP contribution in [0.3, 0.4) is 0 Å². The smallest absolute Gasteiger partial charge is 0.129 e. The Balaban J connectivity index is 1.65. The highest BCUT2D eigenvalue weighted by Gasteiger charge is 2.06. The van der Waals surface area contributed by atoms with Crippen LogP contribution in [0.5, 0.6) is 0 Å². The van der Waals surface area contributed by atoms with Gasteiger partial charge < -0.3 is 0 Å². The van der Waals surface area contributed by atoms with Crippen LogP contribution in [-0.4, -0.2) is 51.5 Å². The van der Waals surface area contributed by atoms with Crippen LogP contribution in [0.1, 0.15) is 22.5 Å². The molecule has 0 spiro atoms. The van der Waals surface area contributed by atoms with Gasteiger partial charge in [-0.2, -0.15) is 10.2 Å². The van der Waals surface area contributed by atoms with Crippen LogP contribution in [0.25, 0.3) is 0 Å². The fraction of sp³-hybridized carbons (Fsp3) is 0.0870. The number of aromatic nitrogens is 1. The molecule has 0 radical (unpaired) electrons. The fourth-order valence-corrected chi connectivity index (χ4v) is 2.91. The molecule has 0 saturated carbocycles. The molecule has 1 heterocycles. The van der Waals surface area contributed by atoms with E-state index in [1.54, 1.807) is 22.4 Å². The van der Waals surface area contributed by atoms with E-state index in [1.165, 1.54) is 0 Å². The molecule has 5 nitrogen and oxygen atoms in total. The molecule has 0 bridgehead atoms. The first-order chi connectivity index (χ1) is 14.5. The van der Waals surface area contributed by atoms with Crippen molar-refractivity contribution in [3.05, 3.63) is 101 Å². The summed E-state index contributed by atoms with van der Waals surface area (Å²) in [5.41, 5.74) is 3.29. The van der Waals surface area contributed by atoms with Crippen LogP contribution in [0.4, 0.5) is 0 Å². The van der Waals surface area contributed by atoms with E-state index < -0.39 is 0 Å². The summed E-state index contributed by atoms with van der Waals surface area (Å²) in [6.45, 7) is 0. The molecular formula is C23H21N5S2. The van der Waals surface area contributed by atoms with Crippen molar-refractivity contribution in [1.29, 1.82) is 0 Å². The van der Waals surface area contributed by atoms with Crippen molar-refractivity contribution in [1.82, 2.24) is 15.0 Å². The molecule has 0 fully saturated rings. The van der Waals surface area contributed by atoms with Crippen LogP contribution in [-0.2, 0) is 0 Å². The molecule has 2 aromatic carbocycles. The Morgan fingerprint density at radius 2 is 1.07 bits per heavy atom. The highest BCUT2D eigenvalue weighted by atomic mass is 32.1. The Morgan fingerprint density at radius 1 is 0.667 bits per heavy atom. The third-order valence-corrected chi connectivity index (χ3v) is 5.15. The zero-order valence-corrected chi connectivity index (χ0v) is 18.3. The highest BCUT2D eigenvalue weighted by Crippen LogP contribution is 2.07. The van der Waals surface area contributed by atoms with Crippen LogP contribution >= 0.6 is 24.4 Å². The number of rotatable bonds is 6. The van der Waals surface area contributed by atoms with Crippen molar-refractivity contribution in [3.8, 4) is 0 Å². The van der Waals surface area contributed by atoms with Crippen molar-refractivity contribution < 1.29 is 0 Å². The van der Waals surface area contributed by atoms with Gasteiger partial charge in [0.05, 0.1) is 23.8 Å². The molecule has 0 saturated heterocycles. The largest absolute Gasteiger partial charge is 0.257 e. The summed E-state index contributed by atoms with van der Waals surface area (Å²) >= 11 is 10.9. The Kier molecular flexibility index (Phi) is 7.48. The zero-order chi connectivity index (χ0) is 21.3. The van der Waals surface area contributed by atoms with Gasteiger partial charge in [0.15, 0.2) is 0 Å². The monoisotopic (exact) mass is 431 g/mol. The normalized spacial score (nSPS) is 11.0. The van der Waals surface area contributed by atoms with Gasteiger partial charge in [-0.05, 0) is 12.1 Å². The van der Waals surface area contributed by atoms with Gasteiger partial charge in [-0.1, -0.05) is 91.2 Å². The molecule has 7 heteroatoms. The second-order valence-electron chi connectivity index (χ2n) is 6.37. The number of hydrogen-bond acceptors (Lipinski definition) is 5. The lowest BCUT2D eigenvalue weighted by atomic mass is 10.2. The third-order valence-electron chi connectivity index (χ3n) is 4.15. The minimum atomic E-state index is 0.639. The van der Waals surface area contributed by atoms with Crippen molar-refractivity contribution >= 4 is 46.8 Å². The number of nitrogens with zero attached hydrogens (tertiary/aromatic N) is 5. The number of hydrogen-bond donors (Lipinski definition) is 0. The molecule has 150 valence electrons. The first kappa shape index (κ1) is 21.4. The summed E-state index contributed by atoms with van der Waals surface area (Å²) in [5.74, 6) is 0. The van der Waals surface area contributed by atoms with E-state index in [9.17, 15) is 0 Å². The van der Waals surface area contributed by atoms with Crippen molar-refractivity contribution in [2.24, 2.45) is 10.2 Å². The first-order valence-corrected chi connectivity index (χ1v) is 10.1. The van der Waals surface area contributed by atoms with Gasteiger partial charge >= 0.3 is 0 Å². The lowest BCUT2D eigenvalue weighted by molar-refractivity contribution is 0.558. The van der Waals surface area contributed by atoms with E-state index >= 15 is 0 Å². The second kappa shape index (κ2) is 10.5. The van der Waals surface area contributed by atoms with Crippen LogP contribution in [0.2, 0.25) is 0 Å². The van der Waals surface area contributed by atoms with Gasteiger partial charge in [-0.15, -0.1) is 0 Å². The Bertz CT molecular complexity index is 982. The molecule has 3 aromatic rings. The molecule has 30 heavy (non-hydrogen) atoms. The summed E-state index contributed by atoms with van der Waals surface area (Å²) in [5, 5.41) is 12.1. The fourth-order valence-electron chi connectivity index (χ4n) is 2.54. The quantitative estimate of drug-likeness (QED) is 0.330. The van der Waals surface area contributed by atoms with Gasteiger partial charge in [0.2, 0.25) is 0 Å². The van der Waals surface area contributed by atoms with Gasteiger partial charge in [-0.3, -0.25) is 10.0 Å². The second-order valence-corrected chi connectivity index (χ2v) is 7.14. The van der Waals surface area contributed by atoms with Gasteiger partial charge in [0.1, 0.15) is 9.98 Å². The number of hydrazone groups is 2. The van der Waals surface area contributed by atoms with Crippen LogP contribution < -0.4 is 0 Å². The van der Waals surface area contributed by atoms with E-state index in [-0.39, 0.29) is 0 Å². The average Bonchev–Trinajstić information content (AvgIpc) is 2.81. The van der Waals surface area contributed by atoms with Crippen molar-refractivity contribution in [2.45, 2.75) is 0 Å². The predicted octanol–water partition coefficient (Wildman–Crippen LogP) is 4.36. The maximum Gasteiger partial charge on any atom is 0.129 e. The number of pyridine rings is 1. The first-order valence-electron chi connectivity index (χ1n) is 9.26. The minimum absolute atomic E-state index is 0.639. The molecule has 0 unspecified atom stereocenters. The number of thiocarbonyl (C=S) groups is 2. The predicted molar refractivity (Wildman–Crippen MR) is 131 cm³/mol. The Morgan fingerprint density at radius 3 is 1.47 bits per heavy atom. The summed E-state index contributed by atoms with van der Waals surface area (Å²) in [6, 6.07) is 25.2. The Labute approximate surface area is 187 Å². The van der Waals surface area contributed by atoms with E-state index in [0.29, 0.717) is 21.4 Å². The average molecular weight is 432 g/mol. The lowest BCUT2D eigenvalue weighted by Crippen LogP contribution is -2.20. The highest BCUT2D eigenvalue weighted by molar-refractivity contribution is 7.80. The van der Waals surface area contributed by atoms with Gasteiger partial charge in [0.25, 0.3) is 0 Å². The van der Waals surface area contributed by atoms with E-state index in [0.717, 1.165) is 11.1 Å². The molecule has 3 rings (SSSR count). The number of benzene rings is 2. The lowest BCUT2D eigenvalue weighted by Gasteiger charge is -2.14. The van der Waals surface area contributed by atoms with E-state index in [1.807, 2.05) is 93.0 Å². The van der Waals surface area contributed by atoms with E-state index in [4.69, 9.17) is 24.4 Å². The van der Waals surface area contributed by atoms with Gasteiger partial charge in [0, 0.05) is 25.2 Å². The molecular weight excluding hydrogens is 410 g/mol. The molecule has 1 aromatic heterocycles. The standard InChI is InChI=1S/C23H21N5S2/c1-27(22(29)18-10-5-3-6-11-18)24-16-20-14-9-15-21(26-20)17-25-28(2)23(30)19-12-7-4-8-13-19/h3-17H,1-2H3/b24-16+,25-17+. The molecule has 0 atom stereocenters. The maximum absolute atomic E-state index is 5.47. The topological polar surface area (TPSA) is 44.1 Å². The summed E-state index contributed by atoms with van der Waals surface area (Å²) in [6.07, 6.45) is 3.34. The van der Waals surface area contributed by atoms with Crippen LogP contribution in [0, 0.1) is 0 Å². The summed E-state index contributed by atoms with van der Waals surface area (Å²) < 4.78 is 0. The van der Waals surface area contributed by atoms with Crippen molar-refractivity contribution in [2.75, 3.05) is 14.1 Å². The molecule has 0 amide bonds. The summed E-state index contributed by atoms with van der Waals surface area (Å²) in [4.78, 5) is 5.82. The Hall–Kier alpha value is -3.29. The minimum Gasteiger partial charge on any atom is -0.257 e. The summed E-state index contributed by atoms with van der Waals surface area (Å²) in [7, 11) is 3.63. The molecule has 0 aliphatic rings. The zero-order valence-electron chi connectivity index (χ0n) is 16.7. The van der Waals surface area contributed by atoms with E-state index in [2.05, 4.69) is 15.2 Å². The molecule has 0 aliphatic heterocycles.